The molecule has 0 spiro atoms. The summed E-state index contributed by atoms with van der Waals surface area (Å²) in [5, 5.41) is 0.589. The van der Waals surface area contributed by atoms with Crippen molar-refractivity contribution in [1.82, 2.24) is 14.5 Å². The molecule has 3 rings (SSSR count). The van der Waals surface area contributed by atoms with Crippen molar-refractivity contribution in [3.05, 3.63) is 26.6 Å². The van der Waals surface area contributed by atoms with Crippen LogP contribution >= 0.6 is 11.3 Å². The topological polar surface area (TPSA) is 55.2 Å². The fourth-order valence-electron chi connectivity index (χ4n) is 3.09. The van der Waals surface area contributed by atoms with Crippen LogP contribution in [0.4, 0.5) is 0 Å². The van der Waals surface area contributed by atoms with Crippen LogP contribution in [0.3, 0.4) is 0 Å². The summed E-state index contributed by atoms with van der Waals surface area (Å²) >= 11 is 1.35. The molecule has 1 atom stereocenters. The third kappa shape index (κ3) is 2.35. The van der Waals surface area contributed by atoms with Crippen LogP contribution in [-0.2, 0) is 7.05 Å². The minimum absolute atomic E-state index is 0.0479. The van der Waals surface area contributed by atoms with E-state index in [-0.39, 0.29) is 11.5 Å². The zero-order chi connectivity index (χ0) is 16.0. The Balaban J connectivity index is 2.08. The Hall–Kier alpha value is -1.69. The van der Waals surface area contributed by atoms with Gasteiger partial charge in [-0.1, -0.05) is 6.92 Å². The Morgan fingerprint density at radius 2 is 2.09 bits per heavy atom. The first-order valence-corrected chi connectivity index (χ1v) is 8.47. The molecule has 2 aromatic heterocycles. The SMILES string of the molecule is Cc1c(C(=O)N2CCCC(C)C2)sc2nc(C)n(C)c(=O)c12. The van der Waals surface area contributed by atoms with Crippen LogP contribution in [0.1, 0.15) is 40.8 Å². The molecule has 1 saturated heterocycles. The molecule has 0 saturated carbocycles. The van der Waals surface area contributed by atoms with Crippen LogP contribution < -0.4 is 5.56 Å². The highest BCUT2D eigenvalue weighted by atomic mass is 32.1. The molecule has 0 bridgehead atoms. The minimum atomic E-state index is -0.0673. The average Bonchev–Trinajstić information content (AvgIpc) is 2.81. The molecule has 0 aliphatic carbocycles. The maximum atomic E-state index is 12.8. The Kier molecular flexibility index (Phi) is 3.80. The lowest BCUT2D eigenvalue weighted by molar-refractivity contribution is 0.0687. The van der Waals surface area contributed by atoms with E-state index in [9.17, 15) is 9.59 Å². The van der Waals surface area contributed by atoms with Crippen LogP contribution in [-0.4, -0.2) is 33.4 Å². The van der Waals surface area contributed by atoms with Crippen LogP contribution in [0.25, 0.3) is 10.2 Å². The van der Waals surface area contributed by atoms with E-state index in [2.05, 4.69) is 11.9 Å². The molecule has 1 unspecified atom stereocenters. The smallest absolute Gasteiger partial charge is 0.264 e. The van der Waals surface area contributed by atoms with Gasteiger partial charge in [0.15, 0.2) is 0 Å². The maximum Gasteiger partial charge on any atom is 0.264 e. The van der Waals surface area contributed by atoms with Crippen molar-refractivity contribution in [2.24, 2.45) is 13.0 Å². The van der Waals surface area contributed by atoms with Gasteiger partial charge in [-0.25, -0.2) is 4.98 Å². The quantitative estimate of drug-likeness (QED) is 0.811. The van der Waals surface area contributed by atoms with Crippen molar-refractivity contribution in [2.75, 3.05) is 13.1 Å². The summed E-state index contributed by atoms with van der Waals surface area (Å²) in [6.45, 7) is 7.46. The van der Waals surface area contributed by atoms with E-state index in [1.54, 1.807) is 11.6 Å². The second kappa shape index (κ2) is 5.50. The predicted octanol–water partition coefficient (Wildman–Crippen LogP) is 2.48. The molecule has 0 N–H and O–H groups in total. The molecular formula is C16H21N3O2S. The number of piperidine rings is 1. The summed E-state index contributed by atoms with van der Waals surface area (Å²) in [4.78, 5) is 33.0. The molecule has 2 aromatic rings. The van der Waals surface area contributed by atoms with Crippen LogP contribution in [0.15, 0.2) is 4.79 Å². The van der Waals surface area contributed by atoms with Crippen molar-refractivity contribution < 1.29 is 4.79 Å². The first-order chi connectivity index (χ1) is 10.4. The van der Waals surface area contributed by atoms with Crippen molar-refractivity contribution in [3.8, 4) is 0 Å². The van der Waals surface area contributed by atoms with E-state index in [4.69, 9.17) is 0 Å². The lowest BCUT2D eigenvalue weighted by atomic mass is 10.00. The third-order valence-electron chi connectivity index (χ3n) is 4.53. The van der Waals surface area contributed by atoms with Crippen LogP contribution in [0.5, 0.6) is 0 Å². The third-order valence-corrected chi connectivity index (χ3v) is 5.71. The molecule has 1 aliphatic rings. The summed E-state index contributed by atoms with van der Waals surface area (Å²) < 4.78 is 1.54. The number of hydrogen-bond donors (Lipinski definition) is 0. The molecule has 3 heterocycles. The summed E-state index contributed by atoms with van der Waals surface area (Å²) in [6, 6.07) is 0. The van der Waals surface area contributed by atoms with Gasteiger partial charge in [0.05, 0.1) is 10.3 Å². The van der Waals surface area contributed by atoms with Crippen molar-refractivity contribution in [2.45, 2.75) is 33.6 Å². The average molecular weight is 319 g/mol. The first-order valence-electron chi connectivity index (χ1n) is 7.66. The number of thiophene rings is 1. The lowest BCUT2D eigenvalue weighted by Crippen LogP contribution is -2.39. The molecule has 118 valence electrons. The van der Waals surface area contributed by atoms with Gasteiger partial charge in [0.1, 0.15) is 10.7 Å². The number of carbonyl (C=O) groups is 1. The van der Waals surface area contributed by atoms with Crippen LogP contribution in [0, 0.1) is 19.8 Å². The summed E-state index contributed by atoms with van der Waals surface area (Å²) in [5.41, 5.74) is 0.707. The molecule has 1 aliphatic heterocycles. The molecule has 1 amide bonds. The van der Waals surface area contributed by atoms with Crippen molar-refractivity contribution in [3.63, 3.8) is 0 Å². The minimum Gasteiger partial charge on any atom is -0.338 e. The number of amides is 1. The number of carbonyl (C=O) groups excluding carboxylic acids is 1. The van der Waals surface area contributed by atoms with E-state index in [0.717, 1.165) is 25.1 Å². The molecule has 1 fully saturated rings. The Labute approximate surface area is 133 Å². The molecular weight excluding hydrogens is 298 g/mol. The number of aryl methyl sites for hydroxylation is 2. The fourth-order valence-corrected chi connectivity index (χ4v) is 4.27. The van der Waals surface area contributed by atoms with Gasteiger partial charge in [-0.2, -0.15) is 0 Å². The van der Waals surface area contributed by atoms with Gasteiger partial charge < -0.3 is 4.90 Å². The Morgan fingerprint density at radius 1 is 1.36 bits per heavy atom. The highest BCUT2D eigenvalue weighted by Crippen LogP contribution is 2.29. The number of aromatic nitrogens is 2. The molecule has 0 aromatic carbocycles. The van der Waals surface area contributed by atoms with Gasteiger partial charge in [0.25, 0.3) is 11.5 Å². The largest absolute Gasteiger partial charge is 0.338 e. The highest BCUT2D eigenvalue weighted by molar-refractivity contribution is 7.20. The summed E-state index contributed by atoms with van der Waals surface area (Å²) in [5.74, 6) is 1.26. The lowest BCUT2D eigenvalue weighted by Gasteiger charge is -2.30. The second-order valence-corrected chi connectivity index (χ2v) is 7.26. The highest BCUT2D eigenvalue weighted by Gasteiger charge is 2.26. The van der Waals surface area contributed by atoms with E-state index in [1.165, 1.54) is 17.8 Å². The van der Waals surface area contributed by atoms with Crippen LogP contribution in [0.2, 0.25) is 0 Å². The first kappa shape index (κ1) is 15.2. The molecule has 22 heavy (non-hydrogen) atoms. The van der Waals surface area contributed by atoms with E-state index in [0.29, 0.717) is 26.8 Å². The number of fused-ring (bicyclic) bond motifs is 1. The predicted molar refractivity (Wildman–Crippen MR) is 88.6 cm³/mol. The van der Waals surface area contributed by atoms with Crippen molar-refractivity contribution in [1.29, 1.82) is 0 Å². The van der Waals surface area contributed by atoms with Gasteiger partial charge in [0.2, 0.25) is 0 Å². The monoisotopic (exact) mass is 319 g/mol. The normalized spacial score (nSPS) is 18.9. The Bertz CT molecular complexity index is 806. The number of hydrogen-bond acceptors (Lipinski definition) is 4. The standard InChI is InChI=1S/C16H21N3O2S/c1-9-6-5-7-19(8-9)16(21)13-10(2)12-14(22-13)17-11(3)18(4)15(12)20/h9H,5-8H2,1-4H3. The molecule has 6 heteroatoms. The zero-order valence-electron chi connectivity index (χ0n) is 13.5. The van der Waals surface area contributed by atoms with Gasteiger partial charge in [-0.15, -0.1) is 11.3 Å². The number of rotatable bonds is 1. The van der Waals surface area contributed by atoms with Gasteiger partial charge in [0, 0.05) is 20.1 Å². The van der Waals surface area contributed by atoms with Gasteiger partial charge in [-0.05, 0) is 38.2 Å². The Morgan fingerprint density at radius 3 is 2.77 bits per heavy atom. The summed E-state index contributed by atoms with van der Waals surface area (Å²) in [7, 11) is 1.72. The molecule has 5 nitrogen and oxygen atoms in total. The molecule has 0 radical (unpaired) electrons. The second-order valence-electron chi connectivity index (χ2n) is 6.26. The summed E-state index contributed by atoms with van der Waals surface area (Å²) in [6.07, 6.45) is 2.23. The maximum absolute atomic E-state index is 12.8. The van der Waals surface area contributed by atoms with E-state index < -0.39 is 0 Å². The van der Waals surface area contributed by atoms with E-state index >= 15 is 0 Å². The van der Waals surface area contributed by atoms with Gasteiger partial charge >= 0.3 is 0 Å². The van der Waals surface area contributed by atoms with E-state index in [1.807, 2.05) is 18.7 Å². The fraction of sp³-hybridized carbons (Fsp3) is 0.562. The number of nitrogens with zero attached hydrogens (tertiary/aromatic N) is 3. The van der Waals surface area contributed by atoms with Crippen molar-refractivity contribution >= 4 is 27.5 Å². The number of likely N-dealkylation sites (tertiary alicyclic amines) is 1. The zero-order valence-corrected chi connectivity index (χ0v) is 14.3. The van der Waals surface area contributed by atoms with Gasteiger partial charge in [-0.3, -0.25) is 14.2 Å².